The van der Waals surface area contributed by atoms with Crippen LogP contribution in [0.4, 0.5) is 30.2 Å². The van der Waals surface area contributed by atoms with Gasteiger partial charge in [0.05, 0.1) is 15.5 Å². The molecule has 3 rings (SSSR count). The molecule has 0 saturated carbocycles. The van der Waals surface area contributed by atoms with Gasteiger partial charge in [-0.25, -0.2) is 0 Å². The van der Waals surface area contributed by atoms with Gasteiger partial charge in [0.2, 0.25) is 0 Å². The third kappa shape index (κ3) is 2.93. The van der Waals surface area contributed by atoms with Gasteiger partial charge in [0.15, 0.2) is 0 Å². The normalized spacial score (nSPS) is 16.4. The molecule has 1 atom stereocenters. The van der Waals surface area contributed by atoms with Crippen LogP contribution >= 0.6 is 11.6 Å². The summed E-state index contributed by atoms with van der Waals surface area (Å²) in [6.07, 6.45) is -5.19. The van der Waals surface area contributed by atoms with E-state index in [-0.39, 0.29) is 27.9 Å². The van der Waals surface area contributed by atoms with E-state index >= 15 is 0 Å². The number of carbonyl (C=O) groups is 1. The quantitative estimate of drug-likeness (QED) is 0.439. The van der Waals surface area contributed by atoms with Crippen LogP contribution < -0.4 is 4.90 Å². The SMILES string of the molecule is O=C(N1CC(CCl)c2c1cc([N+](=O)[O-])c1c([N+](=O)[O-])cccc21)C(F)(F)F. The third-order valence-corrected chi connectivity index (χ3v) is 4.68. The third-order valence-electron chi connectivity index (χ3n) is 4.31. The van der Waals surface area contributed by atoms with Gasteiger partial charge in [0, 0.05) is 35.9 Å². The number of benzene rings is 2. The van der Waals surface area contributed by atoms with Gasteiger partial charge in [0.1, 0.15) is 5.39 Å². The van der Waals surface area contributed by atoms with Crippen molar-refractivity contribution in [3.05, 3.63) is 50.1 Å². The van der Waals surface area contributed by atoms with Gasteiger partial charge in [-0.15, -0.1) is 11.6 Å². The van der Waals surface area contributed by atoms with E-state index in [1.165, 1.54) is 12.1 Å². The highest BCUT2D eigenvalue weighted by Crippen LogP contribution is 2.48. The maximum atomic E-state index is 12.9. The molecule has 1 amide bonds. The Kier molecular flexibility index (Phi) is 4.42. The van der Waals surface area contributed by atoms with Gasteiger partial charge in [-0.3, -0.25) is 25.0 Å². The Hall–Kier alpha value is -2.95. The molecule has 0 radical (unpaired) electrons. The Bertz CT molecular complexity index is 995. The molecule has 0 fully saturated rings. The first-order valence-electron chi connectivity index (χ1n) is 7.41. The minimum atomic E-state index is -5.19. The number of halogens is 4. The van der Waals surface area contributed by atoms with Gasteiger partial charge in [-0.05, 0) is 5.56 Å². The molecule has 0 aliphatic carbocycles. The number of rotatable bonds is 3. The molecule has 0 bridgehead atoms. The number of fused-ring (bicyclic) bond motifs is 3. The second-order valence-corrected chi connectivity index (χ2v) is 6.12. The molecule has 8 nitrogen and oxygen atoms in total. The number of amides is 1. The fourth-order valence-electron chi connectivity index (χ4n) is 3.28. The van der Waals surface area contributed by atoms with Crippen LogP contribution in [0.5, 0.6) is 0 Å². The van der Waals surface area contributed by atoms with Crippen molar-refractivity contribution < 1.29 is 27.8 Å². The lowest BCUT2D eigenvalue weighted by atomic mass is 9.94. The Morgan fingerprint density at radius 3 is 2.37 bits per heavy atom. The molecule has 0 spiro atoms. The molecule has 27 heavy (non-hydrogen) atoms. The first-order chi connectivity index (χ1) is 12.6. The summed E-state index contributed by atoms with van der Waals surface area (Å²) in [7, 11) is 0. The Morgan fingerprint density at radius 1 is 1.22 bits per heavy atom. The van der Waals surface area contributed by atoms with E-state index in [1.54, 1.807) is 0 Å². The van der Waals surface area contributed by atoms with Crippen molar-refractivity contribution in [1.82, 2.24) is 0 Å². The maximum absolute atomic E-state index is 12.9. The van der Waals surface area contributed by atoms with E-state index in [9.17, 15) is 38.2 Å². The van der Waals surface area contributed by atoms with E-state index in [0.717, 1.165) is 12.1 Å². The number of nitro groups is 2. The molecule has 12 heteroatoms. The molecule has 1 heterocycles. The summed E-state index contributed by atoms with van der Waals surface area (Å²) in [6, 6.07) is 4.42. The molecule has 0 saturated heterocycles. The number of hydrogen-bond donors (Lipinski definition) is 0. The molecular weight excluding hydrogens is 395 g/mol. The van der Waals surface area contributed by atoms with Crippen LogP contribution in [0, 0.1) is 20.2 Å². The van der Waals surface area contributed by atoms with E-state index < -0.39 is 45.8 Å². The second-order valence-electron chi connectivity index (χ2n) is 5.81. The second kappa shape index (κ2) is 6.34. The van der Waals surface area contributed by atoms with E-state index in [1.807, 2.05) is 0 Å². The summed E-state index contributed by atoms with van der Waals surface area (Å²) >= 11 is 5.84. The summed E-state index contributed by atoms with van der Waals surface area (Å²) in [5.74, 6) is -3.13. The fourth-order valence-corrected chi connectivity index (χ4v) is 3.53. The zero-order chi connectivity index (χ0) is 20.1. The predicted molar refractivity (Wildman–Crippen MR) is 89.1 cm³/mol. The fraction of sp³-hybridized carbons (Fsp3) is 0.267. The number of non-ortho nitro benzene ring substituents is 2. The summed E-state index contributed by atoms with van der Waals surface area (Å²) in [4.78, 5) is 33.1. The molecule has 1 aliphatic rings. The van der Waals surface area contributed by atoms with E-state index in [4.69, 9.17) is 11.6 Å². The molecular formula is C15H9ClF3N3O5. The average molecular weight is 404 g/mol. The van der Waals surface area contributed by atoms with Crippen molar-refractivity contribution >= 4 is 45.3 Å². The van der Waals surface area contributed by atoms with Crippen LogP contribution in [0.3, 0.4) is 0 Å². The monoisotopic (exact) mass is 403 g/mol. The zero-order valence-electron chi connectivity index (χ0n) is 13.2. The van der Waals surface area contributed by atoms with Gasteiger partial charge < -0.3 is 4.90 Å². The maximum Gasteiger partial charge on any atom is 0.471 e. The van der Waals surface area contributed by atoms with Gasteiger partial charge in [-0.1, -0.05) is 12.1 Å². The highest BCUT2D eigenvalue weighted by molar-refractivity contribution is 6.19. The lowest BCUT2D eigenvalue weighted by molar-refractivity contribution is -0.390. The average Bonchev–Trinajstić information content (AvgIpc) is 2.97. The van der Waals surface area contributed by atoms with Crippen LogP contribution in [0.25, 0.3) is 10.8 Å². The van der Waals surface area contributed by atoms with Crippen molar-refractivity contribution in [3.8, 4) is 0 Å². The lowest BCUT2D eigenvalue weighted by Crippen LogP contribution is -2.40. The Morgan fingerprint density at radius 2 is 1.85 bits per heavy atom. The first-order valence-corrected chi connectivity index (χ1v) is 7.94. The standard InChI is InChI=1S/C15H9ClF3N3O5/c16-5-7-6-20(14(23)15(17,18)19)10-4-11(22(26)27)13-8(12(7)10)2-1-3-9(13)21(24)25/h1-4,7H,5-6H2. The molecule has 2 aromatic rings. The lowest BCUT2D eigenvalue weighted by Gasteiger charge is -2.19. The van der Waals surface area contributed by atoms with Gasteiger partial charge in [-0.2, -0.15) is 13.2 Å². The minimum absolute atomic E-state index is 0.0246. The van der Waals surface area contributed by atoms with Gasteiger partial charge in [0.25, 0.3) is 11.4 Å². The number of alkyl halides is 4. The molecule has 1 unspecified atom stereocenters. The molecule has 0 aromatic heterocycles. The smallest absolute Gasteiger partial charge is 0.303 e. The zero-order valence-corrected chi connectivity index (χ0v) is 14.0. The molecule has 2 aromatic carbocycles. The summed E-state index contributed by atoms with van der Waals surface area (Å²) in [6.45, 7) is -0.434. The van der Waals surface area contributed by atoms with Crippen molar-refractivity contribution in [2.24, 2.45) is 0 Å². The molecule has 0 N–H and O–H groups in total. The number of nitrogens with zero attached hydrogens (tertiary/aromatic N) is 3. The van der Waals surface area contributed by atoms with Crippen molar-refractivity contribution in [2.75, 3.05) is 17.3 Å². The summed E-state index contributed by atoms with van der Waals surface area (Å²) in [5, 5.41) is 22.4. The van der Waals surface area contributed by atoms with Crippen molar-refractivity contribution in [1.29, 1.82) is 0 Å². The number of nitro benzene ring substituents is 2. The Labute approximate surface area is 153 Å². The minimum Gasteiger partial charge on any atom is -0.303 e. The largest absolute Gasteiger partial charge is 0.471 e. The number of anilines is 1. The van der Waals surface area contributed by atoms with Gasteiger partial charge >= 0.3 is 12.1 Å². The summed E-state index contributed by atoms with van der Waals surface area (Å²) < 4.78 is 38.8. The first kappa shape index (κ1) is 18.8. The molecule has 1 aliphatic heterocycles. The topological polar surface area (TPSA) is 107 Å². The van der Waals surface area contributed by atoms with Crippen molar-refractivity contribution in [2.45, 2.75) is 12.1 Å². The van der Waals surface area contributed by atoms with Crippen LogP contribution in [-0.2, 0) is 4.79 Å². The van der Waals surface area contributed by atoms with Crippen LogP contribution in [-0.4, -0.2) is 34.4 Å². The Balaban J connectivity index is 2.41. The number of carbonyl (C=O) groups excluding carboxylic acids is 1. The summed E-state index contributed by atoms with van der Waals surface area (Å²) in [5.41, 5.74) is -1.49. The highest BCUT2D eigenvalue weighted by atomic mass is 35.5. The van der Waals surface area contributed by atoms with E-state index in [2.05, 4.69) is 0 Å². The number of hydrogen-bond acceptors (Lipinski definition) is 5. The van der Waals surface area contributed by atoms with E-state index in [0.29, 0.717) is 4.90 Å². The molecule has 142 valence electrons. The van der Waals surface area contributed by atoms with Crippen LogP contribution in [0.2, 0.25) is 0 Å². The van der Waals surface area contributed by atoms with Crippen molar-refractivity contribution in [3.63, 3.8) is 0 Å². The predicted octanol–water partition coefficient (Wildman–Crippen LogP) is 3.89. The van der Waals surface area contributed by atoms with Crippen LogP contribution in [0.1, 0.15) is 11.5 Å². The van der Waals surface area contributed by atoms with Crippen LogP contribution in [0.15, 0.2) is 24.3 Å². The highest BCUT2D eigenvalue weighted by Gasteiger charge is 2.47.